The fourth-order valence-corrected chi connectivity index (χ4v) is 2.54. The highest BCUT2D eigenvalue weighted by Crippen LogP contribution is 2.24. The van der Waals surface area contributed by atoms with Gasteiger partial charge in [0.2, 0.25) is 0 Å². The van der Waals surface area contributed by atoms with E-state index in [-0.39, 0.29) is 0 Å². The van der Waals surface area contributed by atoms with Crippen LogP contribution >= 0.6 is 27.7 Å². The third-order valence-corrected chi connectivity index (χ3v) is 4.05. The zero-order chi connectivity index (χ0) is 13.0. The second-order valence-corrected chi connectivity index (χ2v) is 5.97. The number of hydrogen-bond donors (Lipinski definition) is 1. The van der Waals surface area contributed by atoms with Crippen LogP contribution in [-0.2, 0) is 5.75 Å². The molecule has 0 amide bonds. The SMILES string of the molecule is CC(O)c1ccc(SCc2ccc(Br)cn2)cc1. The molecule has 2 nitrogen and oxygen atoms in total. The van der Waals surface area contributed by atoms with Gasteiger partial charge in [0, 0.05) is 21.3 Å². The summed E-state index contributed by atoms with van der Waals surface area (Å²) in [5, 5.41) is 9.43. The minimum absolute atomic E-state index is 0.405. The minimum Gasteiger partial charge on any atom is -0.389 e. The fraction of sp³-hybridized carbons (Fsp3) is 0.214. The largest absolute Gasteiger partial charge is 0.389 e. The number of hydrogen-bond acceptors (Lipinski definition) is 3. The number of thioether (sulfide) groups is 1. The number of halogens is 1. The summed E-state index contributed by atoms with van der Waals surface area (Å²) >= 11 is 5.11. The molecule has 2 rings (SSSR count). The molecule has 18 heavy (non-hydrogen) atoms. The van der Waals surface area contributed by atoms with Crippen LogP contribution in [0.4, 0.5) is 0 Å². The average molecular weight is 324 g/mol. The Morgan fingerprint density at radius 2 is 1.94 bits per heavy atom. The summed E-state index contributed by atoms with van der Waals surface area (Å²) in [4.78, 5) is 5.52. The molecule has 0 radical (unpaired) electrons. The van der Waals surface area contributed by atoms with Crippen molar-refractivity contribution in [2.45, 2.75) is 23.7 Å². The highest BCUT2D eigenvalue weighted by atomic mass is 79.9. The Balaban J connectivity index is 1.95. The molecule has 0 spiro atoms. The smallest absolute Gasteiger partial charge is 0.0761 e. The summed E-state index contributed by atoms with van der Waals surface area (Å²) in [6.45, 7) is 1.77. The summed E-state index contributed by atoms with van der Waals surface area (Å²) in [5.74, 6) is 0.849. The molecule has 0 bridgehead atoms. The summed E-state index contributed by atoms with van der Waals surface area (Å²) in [6, 6.07) is 12.0. The Morgan fingerprint density at radius 3 is 2.50 bits per heavy atom. The predicted octanol–water partition coefficient (Wildman–Crippen LogP) is 4.19. The Hall–Kier alpha value is -0.840. The second-order valence-electron chi connectivity index (χ2n) is 4.00. The van der Waals surface area contributed by atoms with Crippen LogP contribution in [0.2, 0.25) is 0 Å². The highest BCUT2D eigenvalue weighted by molar-refractivity contribution is 9.10. The zero-order valence-corrected chi connectivity index (χ0v) is 12.4. The summed E-state index contributed by atoms with van der Waals surface area (Å²) in [7, 11) is 0. The van der Waals surface area contributed by atoms with Gasteiger partial charge in [-0.2, -0.15) is 0 Å². The quantitative estimate of drug-likeness (QED) is 0.856. The molecule has 0 aliphatic carbocycles. The van der Waals surface area contributed by atoms with Crippen molar-refractivity contribution in [3.05, 3.63) is 58.3 Å². The number of aliphatic hydroxyl groups is 1. The minimum atomic E-state index is -0.405. The summed E-state index contributed by atoms with van der Waals surface area (Å²) < 4.78 is 0.998. The van der Waals surface area contributed by atoms with Gasteiger partial charge in [-0.05, 0) is 52.7 Å². The van der Waals surface area contributed by atoms with Gasteiger partial charge in [0.05, 0.1) is 11.8 Å². The second kappa shape index (κ2) is 6.36. The van der Waals surface area contributed by atoms with E-state index in [1.54, 1.807) is 18.7 Å². The van der Waals surface area contributed by atoms with Crippen LogP contribution in [-0.4, -0.2) is 10.1 Å². The third kappa shape index (κ3) is 3.83. The molecule has 0 aliphatic rings. The number of nitrogens with zero attached hydrogens (tertiary/aromatic N) is 1. The van der Waals surface area contributed by atoms with Crippen LogP contribution in [0.1, 0.15) is 24.3 Å². The molecule has 0 saturated heterocycles. The third-order valence-electron chi connectivity index (χ3n) is 2.54. The van der Waals surface area contributed by atoms with Gasteiger partial charge in [0.1, 0.15) is 0 Å². The summed E-state index contributed by atoms with van der Waals surface area (Å²) in [5.41, 5.74) is 2.00. The first-order valence-corrected chi connectivity index (χ1v) is 7.44. The molecular weight excluding hydrogens is 310 g/mol. The van der Waals surface area contributed by atoms with Crippen molar-refractivity contribution >= 4 is 27.7 Å². The van der Waals surface area contributed by atoms with E-state index in [0.29, 0.717) is 0 Å². The molecule has 1 heterocycles. The van der Waals surface area contributed by atoms with Gasteiger partial charge in [-0.25, -0.2) is 0 Å². The normalized spacial score (nSPS) is 12.4. The standard InChI is InChI=1S/C14H14BrNOS/c1-10(17)11-2-6-14(7-3-11)18-9-13-5-4-12(15)8-16-13/h2-8,10,17H,9H2,1H3. The maximum absolute atomic E-state index is 9.43. The molecule has 0 aliphatic heterocycles. The van der Waals surface area contributed by atoms with Crippen LogP contribution in [0.3, 0.4) is 0 Å². The Labute approximate surface area is 120 Å². The molecule has 1 aromatic heterocycles. The lowest BCUT2D eigenvalue weighted by molar-refractivity contribution is 0.199. The number of aliphatic hydroxyl groups excluding tert-OH is 1. The number of benzene rings is 1. The Bertz CT molecular complexity index is 496. The van der Waals surface area contributed by atoms with E-state index in [2.05, 4.69) is 20.9 Å². The van der Waals surface area contributed by atoms with Crippen LogP contribution < -0.4 is 0 Å². The van der Waals surface area contributed by atoms with Gasteiger partial charge >= 0.3 is 0 Å². The number of rotatable bonds is 4. The Kier molecular flexibility index (Phi) is 4.80. The first kappa shape index (κ1) is 13.6. The maximum Gasteiger partial charge on any atom is 0.0761 e. The first-order valence-electron chi connectivity index (χ1n) is 5.66. The van der Waals surface area contributed by atoms with E-state index in [1.807, 2.05) is 42.6 Å². The molecule has 4 heteroatoms. The Morgan fingerprint density at radius 1 is 1.22 bits per heavy atom. The molecule has 1 N–H and O–H groups in total. The lowest BCUT2D eigenvalue weighted by Crippen LogP contribution is -1.90. The van der Waals surface area contributed by atoms with Crippen molar-refractivity contribution < 1.29 is 5.11 Å². The molecule has 94 valence electrons. The molecule has 0 fully saturated rings. The van der Waals surface area contributed by atoms with Crippen LogP contribution in [0.5, 0.6) is 0 Å². The van der Waals surface area contributed by atoms with Gasteiger partial charge in [0.25, 0.3) is 0 Å². The van der Waals surface area contributed by atoms with Crippen molar-refractivity contribution in [3.8, 4) is 0 Å². The van der Waals surface area contributed by atoms with Gasteiger partial charge in [-0.3, -0.25) is 4.98 Å². The van der Waals surface area contributed by atoms with E-state index in [9.17, 15) is 5.11 Å². The van der Waals surface area contributed by atoms with Gasteiger partial charge in [-0.1, -0.05) is 12.1 Å². The maximum atomic E-state index is 9.43. The summed E-state index contributed by atoms with van der Waals surface area (Å²) in [6.07, 6.45) is 1.41. The molecule has 0 saturated carbocycles. The van der Waals surface area contributed by atoms with Gasteiger partial charge in [-0.15, -0.1) is 11.8 Å². The predicted molar refractivity (Wildman–Crippen MR) is 78.6 cm³/mol. The average Bonchev–Trinajstić information content (AvgIpc) is 2.38. The highest BCUT2D eigenvalue weighted by Gasteiger charge is 2.01. The van der Waals surface area contributed by atoms with Crippen LogP contribution in [0, 0.1) is 0 Å². The van der Waals surface area contributed by atoms with E-state index in [0.717, 1.165) is 21.5 Å². The van der Waals surface area contributed by atoms with Crippen molar-refractivity contribution in [2.75, 3.05) is 0 Å². The van der Waals surface area contributed by atoms with Gasteiger partial charge in [0.15, 0.2) is 0 Å². The van der Waals surface area contributed by atoms with Gasteiger partial charge < -0.3 is 5.11 Å². The van der Waals surface area contributed by atoms with E-state index < -0.39 is 6.10 Å². The fourth-order valence-electron chi connectivity index (χ4n) is 1.49. The van der Waals surface area contributed by atoms with Crippen LogP contribution in [0.15, 0.2) is 52.0 Å². The molecule has 2 aromatic rings. The molecular formula is C14H14BrNOS. The topological polar surface area (TPSA) is 33.1 Å². The van der Waals surface area contributed by atoms with E-state index in [4.69, 9.17) is 0 Å². The van der Waals surface area contributed by atoms with Crippen molar-refractivity contribution in [1.82, 2.24) is 4.98 Å². The zero-order valence-electron chi connectivity index (χ0n) is 10.0. The molecule has 1 unspecified atom stereocenters. The van der Waals surface area contributed by atoms with Crippen LogP contribution in [0.25, 0.3) is 0 Å². The first-order chi connectivity index (χ1) is 8.65. The van der Waals surface area contributed by atoms with Crippen molar-refractivity contribution in [2.24, 2.45) is 0 Å². The van der Waals surface area contributed by atoms with Crippen molar-refractivity contribution in [3.63, 3.8) is 0 Å². The lowest BCUT2D eigenvalue weighted by atomic mass is 10.1. The van der Waals surface area contributed by atoms with E-state index >= 15 is 0 Å². The monoisotopic (exact) mass is 323 g/mol. The molecule has 1 atom stereocenters. The lowest BCUT2D eigenvalue weighted by Gasteiger charge is -2.06. The number of aromatic nitrogens is 1. The molecule has 1 aromatic carbocycles. The van der Waals surface area contributed by atoms with Crippen molar-refractivity contribution in [1.29, 1.82) is 0 Å². The van der Waals surface area contributed by atoms with E-state index in [1.165, 1.54) is 4.90 Å². The number of pyridine rings is 1.